The molecule has 5 heteroatoms. The van der Waals surface area contributed by atoms with Crippen LogP contribution in [0.2, 0.25) is 0 Å². The van der Waals surface area contributed by atoms with Crippen LogP contribution in [0.15, 0.2) is 29.3 Å². The molecule has 0 saturated heterocycles. The van der Waals surface area contributed by atoms with Gasteiger partial charge in [-0.2, -0.15) is 0 Å². The summed E-state index contributed by atoms with van der Waals surface area (Å²) in [5.74, 6) is 0.763. The number of methoxy groups -OCH3 is 1. The molecular formula is C18H31N3O2. The number of rotatable bonds is 9. The van der Waals surface area contributed by atoms with Crippen molar-refractivity contribution in [1.82, 2.24) is 10.6 Å². The van der Waals surface area contributed by atoms with E-state index in [0.29, 0.717) is 19.7 Å². The Morgan fingerprint density at radius 2 is 1.87 bits per heavy atom. The summed E-state index contributed by atoms with van der Waals surface area (Å²) in [4.78, 5) is 4.25. The zero-order valence-corrected chi connectivity index (χ0v) is 15.1. The molecule has 0 aliphatic rings. The highest BCUT2D eigenvalue weighted by Crippen LogP contribution is 2.10. The molecule has 0 aliphatic heterocycles. The second-order valence-electron chi connectivity index (χ2n) is 6.06. The minimum atomic E-state index is -0.233. The van der Waals surface area contributed by atoms with E-state index >= 15 is 0 Å². The standard InChI is InChI=1S/C18H31N3O2/c1-6-11-23-13-16-10-8-7-9-15(16)12-20-17(19-4)21-14-18(2,3)22-5/h7-10H,6,11-14H2,1-5H3,(H2,19,20,21). The lowest BCUT2D eigenvalue weighted by Crippen LogP contribution is -2.45. The topological polar surface area (TPSA) is 54.9 Å². The maximum atomic E-state index is 5.66. The minimum Gasteiger partial charge on any atom is -0.377 e. The van der Waals surface area contributed by atoms with Crippen molar-refractivity contribution in [2.24, 2.45) is 4.99 Å². The van der Waals surface area contributed by atoms with Crippen molar-refractivity contribution < 1.29 is 9.47 Å². The molecule has 5 nitrogen and oxygen atoms in total. The second kappa shape index (κ2) is 10.2. The molecule has 0 fully saturated rings. The monoisotopic (exact) mass is 321 g/mol. The van der Waals surface area contributed by atoms with Crippen LogP contribution in [0.5, 0.6) is 0 Å². The van der Waals surface area contributed by atoms with E-state index in [4.69, 9.17) is 9.47 Å². The number of nitrogens with one attached hydrogen (secondary N) is 2. The van der Waals surface area contributed by atoms with Crippen molar-refractivity contribution in [2.45, 2.75) is 45.9 Å². The Labute approximate surface area is 140 Å². The van der Waals surface area contributed by atoms with Gasteiger partial charge in [-0.1, -0.05) is 31.2 Å². The third-order valence-electron chi connectivity index (χ3n) is 3.63. The third kappa shape index (κ3) is 7.48. The van der Waals surface area contributed by atoms with Gasteiger partial charge in [0, 0.05) is 33.9 Å². The Balaban J connectivity index is 2.55. The molecule has 0 saturated carbocycles. The van der Waals surface area contributed by atoms with Crippen LogP contribution in [0.3, 0.4) is 0 Å². The molecule has 23 heavy (non-hydrogen) atoms. The lowest BCUT2D eigenvalue weighted by Gasteiger charge is -2.24. The van der Waals surface area contributed by atoms with Gasteiger partial charge in [0.05, 0.1) is 12.2 Å². The van der Waals surface area contributed by atoms with Crippen molar-refractivity contribution in [3.63, 3.8) is 0 Å². The zero-order valence-electron chi connectivity index (χ0n) is 15.1. The van der Waals surface area contributed by atoms with Gasteiger partial charge >= 0.3 is 0 Å². The van der Waals surface area contributed by atoms with Crippen LogP contribution in [0.1, 0.15) is 38.3 Å². The third-order valence-corrected chi connectivity index (χ3v) is 3.63. The lowest BCUT2D eigenvalue weighted by molar-refractivity contribution is 0.0268. The number of aliphatic imine (C=N–C) groups is 1. The number of ether oxygens (including phenoxy) is 2. The first-order chi connectivity index (χ1) is 11.0. The van der Waals surface area contributed by atoms with Gasteiger partial charge < -0.3 is 20.1 Å². The molecule has 0 atom stereocenters. The van der Waals surface area contributed by atoms with Gasteiger partial charge in [0.2, 0.25) is 0 Å². The minimum absolute atomic E-state index is 0.233. The van der Waals surface area contributed by atoms with E-state index < -0.39 is 0 Å². The molecule has 0 aromatic heterocycles. The summed E-state index contributed by atoms with van der Waals surface area (Å²) in [6.45, 7) is 9.01. The fourth-order valence-corrected chi connectivity index (χ4v) is 1.97. The predicted octanol–water partition coefficient (Wildman–Crippen LogP) is 2.70. The maximum absolute atomic E-state index is 5.66. The van der Waals surface area contributed by atoms with Crippen molar-refractivity contribution in [3.05, 3.63) is 35.4 Å². The Bertz CT molecular complexity index is 487. The molecule has 1 rings (SSSR count). The Morgan fingerprint density at radius 1 is 1.17 bits per heavy atom. The van der Waals surface area contributed by atoms with Crippen molar-refractivity contribution in [3.8, 4) is 0 Å². The summed E-state index contributed by atoms with van der Waals surface area (Å²) in [5.41, 5.74) is 2.20. The highest BCUT2D eigenvalue weighted by Gasteiger charge is 2.16. The van der Waals surface area contributed by atoms with Crippen molar-refractivity contribution in [2.75, 3.05) is 27.3 Å². The van der Waals surface area contributed by atoms with E-state index in [1.807, 2.05) is 26.0 Å². The van der Waals surface area contributed by atoms with Gasteiger partial charge in [0.25, 0.3) is 0 Å². The summed E-state index contributed by atoms with van der Waals surface area (Å²) < 4.78 is 11.1. The van der Waals surface area contributed by atoms with Crippen molar-refractivity contribution in [1.29, 1.82) is 0 Å². The van der Waals surface area contributed by atoms with Crippen LogP contribution >= 0.6 is 0 Å². The molecule has 130 valence electrons. The fraction of sp³-hybridized carbons (Fsp3) is 0.611. The molecule has 0 aliphatic carbocycles. The first-order valence-corrected chi connectivity index (χ1v) is 8.16. The average molecular weight is 321 g/mol. The van der Waals surface area contributed by atoms with Crippen LogP contribution in [-0.2, 0) is 22.6 Å². The number of nitrogens with zero attached hydrogens (tertiary/aromatic N) is 1. The second-order valence-corrected chi connectivity index (χ2v) is 6.06. The normalized spacial score (nSPS) is 12.3. The average Bonchev–Trinajstić information content (AvgIpc) is 2.56. The molecule has 0 heterocycles. The number of benzene rings is 1. The SMILES string of the molecule is CCCOCc1ccccc1CNC(=NC)NCC(C)(C)OC. The summed E-state index contributed by atoms with van der Waals surface area (Å²) in [5, 5.41) is 6.63. The first-order valence-electron chi connectivity index (χ1n) is 8.16. The van der Waals surface area contributed by atoms with E-state index in [1.54, 1.807) is 14.2 Å². The number of hydrogen-bond donors (Lipinski definition) is 2. The Hall–Kier alpha value is -1.59. The molecule has 0 spiro atoms. The van der Waals surface area contributed by atoms with Gasteiger partial charge in [-0.25, -0.2) is 0 Å². The molecule has 1 aromatic rings. The first kappa shape index (κ1) is 19.5. The lowest BCUT2D eigenvalue weighted by atomic mass is 10.1. The van der Waals surface area contributed by atoms with Gasteiger partial charge in [0.15, 0.2) is 5.96 Å². The fourth-order valence-electron chi connectivity index (χ4n) is 1.97. The summed E-state index contributed by atoms with van der Waals surface area (Å²) in [7, 11) is 3.48. The molecule has 0 unspecified atom stereocenters. The summed E-state index contributed by atoms with van der Waals surface area (Å²) >= 11 is 0. The quantitative estimate of drug-likeness (QED) is 0.417. The maximum Gasteiger partial charge on any atom is 0.191 e. The van der Waals surface area contributed by atoms with Crippen LogP contribution in [0.25, 0.3) is 0 Å². The van der Waals surface area contributed by atoms with Gasteiger partial charge in [0.1, 0.15) is 0 Å². The molecule has 0 amide bonds. The molecule has 0 bridgehead atoms. The molecule has 2 N–H and O–H groups in total. The van der Waals surface area contributed by atoms with E-state index in [2.05, 4.69) is 34.7 Å². The van der Waals surface area contributed by atoms with Crippen LogP contribution in [0.4, 0.5) is 0 Å². The van der Waals surface area contributed by atoms with Gasteiger partial charge in [-0.3, -0.25) is 4.99 Å². The highest BCUT2D eigenvalue weighted by atomic mass is 16.5. The smallest absolute Gasteiger partial charge is 0.191 e. The van der Waals surface area contributed by atoms with Gasteiger partial charge in [-0.15, -0.1) is 0 Å². The van der Waals surface area contributed by atoms with E-state index in [0.717, 1.165) is 19.0 Å². The van der Waals surface area contributed by atoms with Crippen LogP contribution in [-0.4, -0.2) is 38.9 Å². The van der Waals surface area contributed by atoms with E-state index in [9.17, 15) is 0 Å². The van der Waals surface area contributed by atoms with Gasteiger partial charge in [-0.05, 0) is 31.4 Å². The Morgan fingerprint density at radius 3 is 2.48 bits per heavy atom. The largest absolute Gasteiger partial charge is 0.377 e. The van der Waals surface area contributed by atoms with Crippen LogP contribution in [0, 0.1) is 0 Å². The zero-order chi connectivity index (χ0) is 17.1. The summed E-state index contributed by atoms with van der Waals surface area (Å²) in [6, 6.07) is 8.31. The highest BCUT2D eigenvalue weighted by molar-refractivity contribution is 5.79. The number of guanidine groups is 1. The molecule has 0 radical (unpaired) electrons. The van der Waals surface area contributed by atoms with Crippen LogP contribution < -0.4 is 10.6 Å². The predicted molar refractivity (Wildman–Crippen MR) is 95.7 cm³/mol. The number of hydrogen-bond acceptors (Lipinski definition) is 3. The molecular weight excluding hydrogens is 290 g/mol. The van der Waals surface area contributed by atoms with E-state index in [-0.39, 0.29) is 5.60 Å². The Kier molecular flexibility index (Phi) is 8.66. The van der Waals surface area contributed by atoms with E-state index in [1.165, 1.54) is 11.1 Å². The molecule has 1 aromatic carbocycles. The summed E-state index contributed by atoms with van der Waals surface area (Å²) in [6.07, 6.45) is 1.03. The van der Waals surface area contributed by atoms with Crippen molar-refractivity contribution >= 4 is 5.96 Å².